The molecular formula is C20H21N3O5. The minimum atomic E-state index is -0.467. The number of rotatable bonds is 8. The number of amides is 1. The van der Waals surface area contributed by atoms with Crippen LogP contribution in [0.25, 0.3) is 11.4 Å². The molecule has 1 amide bonds. The van der Waals surface area contributed by atoms with Gasteiger partial charge in [-0.15, -0.1) is 0 Å². The molecule has 0 saturated carbocycles. The maximum atomic E-state index is 12.4. The summed E-state index contributed by atoms with van der Waals surface area (Å²) < 4.78 is 21.1. The summed E-state index contributed by atoms with van der Waals surface area (Å²) >= 11 is 0. The third kappa shape index (κ3) is 4.22. The van der Waals surface area contributed by atoms with E-state index in [1.54, 1.807) is 25.3 Å². The van der Waals surface area contributed by atoms with Crippen molar-refractivity contribution in [1.29, 1.82) is 0 Å². The average Bonchev–Trinajstić information content (AvgIpc) is 3.23. The zero-order valence-electron chi connectivity index (χ0n) is 15.9. The Kier molecular flexibility index (Phi) is 6.11. The molecule has 1 heterocycles. The zero-order chi connectivity index (χ0) is 19.9. The molecule has 2 aromatic carbocycles. The van der Waals surface area contributed by atoms with Crippen LogP contribution in [0.2, 0.25) is 0 Å². The van der Waals surface area contributed by atoms with E-state index in [4.69, 9.17) is 18.7 Å². The van der Waals surface area contributed by atoms with Crippen LogP contribution in [0.15, 0.2) is 47.0 Å². The number of nitrogens with zero attached hydrogens (tertiary/aromatic N) is 2. The first-order valence-corrected chi connectivity index (χ1v) is 8.71. The van der Waals surface area contributed by atoms with Crippen molar-refractivity contribution in [2.75, 3.05) is 20.8 Å². The average molecular weight is 383 g/mol. The molecule has 8 nitrogen and oxygen atoms in total. The first kappa shape index (κ1) is 19.2. The lowest BCUT2D eigenvalue weighted by Gasteiger charge is -2.09. The molecule has 0 atom stereocenters. The molecular weight excluding hydrogens is 362 g/mol. The van der Waals surface area contributed by atoms with E-state index in [1.165, 1.54) is 7.11 Å². The van der Waals surface area contributed by atoms with Crippen molar-refractivity contribution >= 4 is 5.91 Å². The Bertz CT molecular complexity index is 955. The number of aromatic nitrogens is 2. The summed E-state index contributed by atoms with van der Waals surface area (Å²) in [6, 6.07) is 12.7. The van der Waals surface area contributed by atoms with E-state index < -0.39 is 5.91 Å². The van der Waals surface area contributed by atoms with Gasteiger partial charge in [0.2, 0.25) is 5.82 Å². The molecule has 0 aliphatic heterocycles. The van der Waals surface area contributed by atoms with Gasteiger partial charge in [-0.3, -0.25) is 4.79 Å². The fourth-order valence-electron chi connectivity index (χ4n) is 2.61. The van der Waals surface area contributed by atoms with E-state index in [2.05, 4.69) is 15.5 Å². The highest BCUT2D eigenvalue weighted by Gasteiger charge is 2.17. The molecule has 0 unspecified atom stereocenters. The van der Waals surface area contributed by atoms with E-state index in [0.717, 1.165) is 11.3 Å². The predicted molar refractivity (Wildman–Crippen MR) is 102 cm³/mol. The van der Waals surface area contributed by atoms with Gasteiger partial charge >= 0.3 is 11.8 Å². The van der Waals surface area contributed by atoms with Gasteiger partial charge in [-0.05, 0) is 31.2 Å². The normalized spacial score (nSPS) is 10.4. The molecule has 0 saturated heterocycles. The molecule has 0 bridgehead atoms. The number of carbonyl (C=O) groups excluding carboxylic acids is 1. The Morgan fingerprint density at radius 3 is 2.61 bits per heavy atom. The van der Waals surface area contributed by atoms with E-state index in [-0.39, 0.29) is 18.3 Å². The number of carbonyl (C=O) groups is 1. The van der Waals surface area contributed by atoms with E-state index in [0.29, 0.717) is 23.7 Å². The molecule has 0 radical (unpaired) electrons. The van der Waals surface area contributed by atoms with Gasteiger partial charge in [0.05, 0.1) is 20.8 Å². The minimum absolute atomic E-state index is 0.126. The number of ether oxygens (including phenoxy) is 3. The quantitative estimate of drug-likeness (QED) is 0.638. The fourth-order valence-corrected chi connectivity index (χ4v) is 2.61. The van der Waals surface area contributed by atoms with E-state index >= 15 is 0 Å². The van der Waals surface area contributed by atoms with Crippen LogP contribution in [0, 0.1) is 0 Å². The number of nitrogens with one attached hydrogen (secondary N) is 1. The summed E-state index contributed by atoms with van der Waals surface area (Å²) in [6.07, 6.45) is 0. The SMILES string of the molecule is CCOc1ccccc1CNC(=O)c1nc(-c2ccc(OC)c(OC)c2)no1. The van der Waals surface area contributed by atoms with Gasteiger partial charge in [0, 0.05) is 17.7 Å². The molecule has 1 N–H and O–H groups in total. The highest BCUT2D eigenvalue weighted by Crippen LogP contribution is 2.31. The summed E-state index contributed by atoms with van der Waals surface area (Å²) in [5.74, 6) is 1.52. The van der Waals surface area contributed by atoms with Crippen LogP contribution in [0.4, 0.5) is 0 Å². The van der Waals surface area contributed by atoms with Crippen molar-refractivity contribution in [3.63, 3.8) is 0 Å². The smallest absolute Gasteiger partial charge is 0.316 e. The van der Waals surface area contributed by atoms with Crippen molar-refractivity contribution in [3.8, 4) is 28.6 Å². The largest absolute Gasteiger partial charge is 0.494 e. The lowest BCUT2D eigenvalue weighted by Crippen LogP contribution is -2.23. The van der Waals surface area contributed by atoms with Gasteiger partial charge in [-0.2, -0.15) is 4.98 Å². The molecule has 0 spiro atoms. The third-order valence-corrected chi connectivity index (χ3v) is 3.97. The van der Waals surface area contributed by atoms with Crippen LogP contribution in [0.3, 0.4) is 0 Å². The Hall–Kier alpha value is -3.55. The van der Waals surface area contributed by atoms with Crippen molar-refractivity contribution in [2.24, 2.45) is 0 Å². The van der Waals surface area contributed by atoms with Gasteiger partial charge < -0.3 is 24.1 Å². The monoisotopic (exact) mass is 383 g/mol. The molecule has 1 aromatic heterocycles. The number of hydrogen-bond donors (Lipinski definition) is 1. The van der Waals surface area contributed by atoms with E-state index in [9.17, 15) is 4.79 Å². The molecule has 0 aliphatic rings. The molecule has 0 aliphatic carbocycles. The number of methoxy groups -OCH3 is 2. The summed E-state index contributed by atoms with van der Waals surface area (Å²) in [5, 5.41) is 6.63. The van der Waals surface area contributed by atoms with Crippen LogP contribution in [-0.2, 0) is 6.54 Å². The second-order valence-corrected chi connectivity index (χ2v) is 5.72. The fraction of sp³-hybridized carbons (Fsp3) is 0.250. The predicted octanol–water partition coefficient (Wildman–Crippen LogP) is 3.08. The van der Waals surface area contributed by atoms with E-state index in [1.807, 2.05) is 31.2 Å². The van der Waals surface area contributed by atoms with Crippen LogP contribution < -0.4 is 19.5 Å². The molecule has 0 fully saturated rings. The number of hydrogen-bond acceptors (Lipinski definition) is 7. The van der Waals surface area contributed by atoms with Crippen molar-refractivity contribution < 1.29 is 23.5 Å². The maximum absolute atomic E-state index is 12.4. The first-order valence-electron chi connectivity index (χ1n) is 8.71. The zero-order valence-corrected chi connectivity index (χ0v) is 15.9. The van der Waals surface area contributed by atoms with Gasteiger partial charge in [0.25, 0.3) is 0 Å². The standard InChI is InChI=1S/C20H21N3O5/c1-4-27-15-8-6-5-7-14(15)12-21-19(24)20-22-18(23-28-20)13-9-10-16(25-2)17(11-13)26-3/h5-11H,4,12H2,1-3H3,(H,21,24). The lowest BCUT2D eigenvalue weighted by molar-refractivity contribution is 0.0906. The molecule has 3 aromatic rings. The number of benzene rings is 2. The minimum Gasteiger partial charge on any atom is -0.494 e. The van der Waals surface area contributed by atoms with Crippen LogP contribution in [-0.4, -0.2) is 36.9 Å². The Labute approximate surface area is 162 Å². The third-order valence-electron chi connectivity index (χ3n) is 3.97. The van der Waals surface area contributed by atoms with Gasteiger partial charge in [-0.1, -0.05) is 23.4 Å². The maximum Gasteiger partial charge on any atom is 0.316 e. The van der Waals surface area contributed by atoms with Crippen molar-refractivity contribution in [1.82, 2.24) is 15.5 Å². The molecule has 8 heteroatoms. The second kappa shape index (κ2) is 8.90. The van der Waals surface area contributed by atoms with Gasteiger partial charge in [-0.25, -0.2) is 0 Å². The highest BCUT2D eigenvalue weighted by molar-refractivity contribution is 5.89. The molecule has 28 heavy (non-hydrogen) atoms. The van der Waals surface area contributed by atoms with Crippen LogP contribution >= 0.6 is 0 Å². The topological polar surface area (TPSA) is 95.7 Å². The molecule has 146 valence electrons. The van der Waals surface area contributed by atoms with Gasteiger partial charge in [0.15, 0.2) is 11.5 Å². The van der Waals surface area contributed by atoms with Crippen molar-refractivity contribution in [2.45, 2.75) is 13.5 Å². The highest BCUT2D eigenvalue weighted by atomic mass is 16.5. The van der Waals surface area contributed by atoms with Crippen molar-refractivity contribution in [3.05, 3.63) is 53.9 Å². The number of para-hydroxylation sites is 1. The summed E-state index contributed by atoms with van der Waals surface area (Å²) in [7, 11) is 3.09. The summed E-state index contributed by atoms with van der Waals surface area (Å²) in [4.78, 5) is 16.5. The summed E-state index contributed by atoms with van der Waals surface area (Å²) in [6.45, 7) is 2.73. The second-order valence-electron chi connectivity index (χ2n) is 5.72. The first-order chi connectivity index (χ1) is 13.7. The van der Waals surface area contributed by atoms with Crippen LogP contribution in [0.5, 0.6) is 17.2 Å². The molecule has 3 rings (SSSR count). The van der Waals surface area contributed by atoms with Crippen LogP contribution in [0.1, 0.15) is 23.2 Å². The Morgan fingerprint density at radius 2 is 1.86 bits per heavy atom. The lowest BCUT2D eigenvalue weighted by atomic mass is 10.2. The Morgan fingerprint density at radius 1 is 1.07 bits per heavy atom. The summed E-state index contributed by atoms with van der Waals surface area (Å²) in [5.41, 5.74) is 1.50. The Balaban J connectivity index is 1.71. The van der Waals surface area contributed by atoms with Gasteiger partial charge in [0.1, 0.15) is 5.75 Å².